The fourth-order valence-electron chi connectivity index (χ4n) is 5.73. The van der Waals surface area contributed by atoms with Gasteiger partial charge in [0.2, 0.25) is 0 Å². The first-order valence-corrected chi connectivity index (χ1v) is 14.4. The molecule has 1 atom stereocenters. The maximum Gasteiger partial charge on any atom is 0.158 e. The molecule has 0 spiro atoms. The molecular weight excluding hydrogens is 480 g/mol. The van der Waals surface area contributed by atoms with Gasteiger partial charge in [0, 0.05) is 23.9 Å². The average molecular weight is 515 g/mol. The molecule has 6 nitrogen and oxygen atoms in total. The molecule has 37 heavy (non-hydrogen) atoms. The van der Waals surface area contributed by atoms with Crippen LogP contribution in [-0.2, 0) is 11.2 Å². The van der Waals surface area contributed by atoms with E-state index >= 15 is 0 Å². The monoisotopic (exact) mass is 514 g/mol. The maximum atomic E-state index is 13.6. The smallest absolute Gasteiger partial charge is 0.158 e. The average Bonchev–Trinajstić information content (AvgIpc) is 3.73. The number of aromatic amines is 1. The van der Waals surface area contributed by atoms with Crippen molar-refractivity contribution >= 4 is 28.0 Å². The van der Waals surface area contributed by atoms with E-state index in [9.17, 15) is 4.79 Å². The molecule has 0 amide bonds. The quantitative estimate of drug-likeness (QED) is 0.294. The highest BCUT2D eigenvalue weighted by molar-refractivity contribution is 7.08. The van der Waals surface area contributed by atoms with Crippen LogP contribution in [-0.4, -0.2) is 65.1 Å². The number of carbonyl (C=O) groups excluding carboxylic acids is 1. The van der Waals surface area contributed by atoms with E-state index in [1.807, 2.05) is 24.3 Å². The second kappa shape index (κ2) is 11.2. The zero-order valence-electron chi connectivity index (χ0n) is 21.2. The summed E-state index contributed by atoms with van der Waals surface area (Å²) in [4.78, 5) is 18.4. The summed E-state index contributed by atoms with van der Waals surface area (Å²) in [6.45, 7) is 6.07. The summed E-state index contributed by atoms with van der Waals surface area (Å²) < 4.78 is 5.98. The van der Waals surface area contributed by atoms with Crippen molar-refractivity contribution in [2.24, 2.45) is 0 Å². The number of likely N-dealkylation sites (tertiary alicyclic amines) is 2. The van der Waals surface area contributed by atoms with Crippen molar-refractivity contribution in [1.82, 2.24) is 20.0 Å². The number of fused-ring (bicyclic) bond motifs is 1. The molecule has 1 N–H and O–H groups in total. The number of ether oxygens (including phenoxy) is 1. The number of ketones is 1. The largest absolute Gasteiger partial charge is 0.492 e. The van der Waals surface area contributed by atoms with Crippen LogP contribution in [0, 0.1) is 0 Å². The Balaban J connectivity index is 1.16. The van der Waals surface area contributed by atoms with Crippen molar-refractivity contribution in [3.8, 4) is 17.0 Å². The Morgan fingerprint density at radius 3 is 2.54 bits per heavy atom. The molecular formula is C30H34N4O2S. The van der Waals surface area contributed by atoms with Crippen LogP contribution >= 0.6 is 11.3 Å². The molecule has 2 aromatic heterocycles. The van der Waals surface area contributed by atoms with Crippen LogP contribution in [0.15, 0.2) is 59.3 Å². The van der Waals surface area contributed by atoms with Gasteiger partial charge in [0.05, 0.1) is 17.3 Å². The fraction of sp³-hybridized carbons (Fsp3) is 0.400. The van der Waals surface area contributed by atoms with Crippen LogP contribution in [0.1, 0.15) is 42.9 Å². The summed E-state index contributed by atoms with van der Waals surface area (Å²) in [5.74, 6) is 1.15. The summed E-state index contributed by atoms with van der Waals surface area (Å²) in [6, 6.07) is 16.4. The zero-order valence-corrected chi connectivity index (χ0v) is 22.0. The Kier molecular flexibility index (Phi) is 7.35. The van der Waals surface area contributed by atoms with Crippen molar-refractivity contribution in [3.05, 3.63) is 70.4 Å². The molecule has 192 valence electrons. The van der Waals surface area contributed by atoms with E-state index in [0.29, 0.717) is 13.0 Å². The van der Waals surface area contributed by atoms with Gasteiger partial charge in [-0.1, -0.05) is 6.07 Å². The molecule has 7 heteroatoms. The summed E-state index contributed by atoms with van der Waals surface area (Å²) in [5.41, 5.74) is 5.08. The van der Waals surface area contributed by atoms with Crippen molar-refractivity contribution in [1.29, 1.82) is 0 Å². The van der Waals surface area contributed by atoms with Crippen molar-refractivity contribution < 1.29 is 9.53 Å². The van der Waals surface area contributed by atoms with E-state index in [2.05, 4.69) is 55.0 Å². The Hall–Kier alpha value is -3.00. The van der Waals surface area contributed by atoms with Gasteiger partial charge in [-0.05, 0) is 116 Å². The second-order valence-corrected chi connectivity index (χ2v) is 11.0. The lowest BCUT2D eigenvalue weighted by Gasteiger charge is -2.26. The zero-order chi connectivity index (χ0) is 25.0. The Morgan fingerprint density at radius 1 is 1.00 bits per heavy atom. The number of benzene rings is 2. The van der Waals surface area contributed by atoms with Crippen LogP contribution in [0.4, 0.5) is 0 Å². The third kappa shape index (κ3) is 5.49. The highest BCUT2D eigenvalue weighted by Crippen LogP contribution is 2.31. The normalized spacial score (nSPS) is 17.5. The Labute approximate surface area is 222 Å². The molecule has 0 radical (unpaired) electrons. The van der Waals surface area contributed by atoms with Gasteiger partial charge in [0.15, 0.2) is 5.78 Å². The van der Waals surface area contributed by atoms with Crippen LogP contribution in [0.5, 0.6) is 5.75 Å². The number of hydrogen-bond acceptors (Lipinski definition) is 6. The van der Waals surface area contributed by atoms with E-state index < -0.39 is 0 Å². The minimum absolute atomic E-state index is 0.147. The minimum Gasteiger partial charge on any atom is -0.492 e. The molecule has 4 heterocycles. The number of rotatable bonds is 10. The molecule has 4 aromatic rings. The molecule has 2 aliphatic heterocycles. The summed E-state index contributed by atoms with van der Waals surface area (Å²) in [6.07, 6.45) is 5.36. The summed E-state index contributed by atoms with van der Waals surface area (Å²) in [5, 5.41) is 13.0. The number of H-pyrrole nitrogens is 1. The van der Waals surface area contributed by atoms with E-state index in [1.165, 1.54) is 38.8 Å². The fourth-order valence-corrected chi connectivity index (χ4v) is 6.41. The molecule has 0 aliphatic carbocycles. The van der Waals surface area contributed by atoms with Gasteiger partial charge in [0.1, 0.15) is 12.4 Å². The number of carbonyl (C=O) groups is 1. The first kappa shape index (κ1) is 24.3. The van der Waals surface area contributed by atoms with E-state index in [4.69, 9.17) is 4.74 Å². The highest BCUT2D eigenvalue weighted by atomic mass is 32.1. The molecule has 2 aliphatic rings. The Bertz CT molecular complexity index is 1320. The predicted molar refractivity (Wildman–Crippen MR) is 149 cm³/mol. The third-order valence-electron chi connectivity index (χ3n) is 7.68. The molecule has 0 bridgehead atoms. The number of nitrogens with zero attached hydrogens (tertiary/aromatic N) is 3. The van der Waals surface area contributed by atoms with E-state index in [1.54, 1.807) is 11.3 Å². The van der Waals surface area contributed by atoms with Crippen LogP contribution < -0.4 is 4.74 Å². The lowest BCUT2D eigenvalue weighted by molar-refractivity contribution is -0.123. The first-order chi connectivity index (χ1) is 18.2. The van der Waals surface area contributed by atoms with Crippen LogP contribution in [0.2, 0.25) is 0 Å². The van der Waals surface area contributed by atoms with Gasteiger partial charge >= 0.3 is 0 Å². The predicted octanol–water partition coefficient (Wildman–Crippen LogP) is 5.71. The number of nitrogens with one attached hydrogen (secondary N) is 1. The molecule has 2 aromatic carbocycles. The van der Waals surface area contributed by atoms with E-state index in [-0.39, 0.29) is 11.8 Å². The van der Waals surface area contributed by atoms with Crippen molar-refractivity contribution in [2.75, 3.05) is 39.3 Å². The van der Waals surface area contributed by atoms with Gasteiger partial charge in [-0.3, -0.25) is 19.7 Å². The minimum atomic E-state index is -0.147. The van der Waals surface area contributed by atoms with Gasteiger partial charge < -0.3 is 4.74 Å². The SMILES string of the molecule is O=C(Cc1ccc2[nH]nc(-c3ccc(OCCN4CCCC4)cc3)c2c1)C(c1ccsc1)N1CCCC1. The van der Waals surface area contributed by atoms with Crippen LogP contribution in [0.25, 0.3) is 22.2 Å². The molecule has 6 rings (SSSR count). The van der Waals surface area contributed by atoms with Gasteiger partial charge in [0.25, 0.3) is 0 Å². The molecule has 0 saturated carbocycles. The maximum absolute atomic E-state index is 13.6. The second-order valence-electron chi connectivity index (χ2n) is 10.2. The topological polar surface area (TPSA) is 61.5 Å². The molecule has 2 fully saturated rings. The number of aromatic nitrogens is 2. The van der Waals surface area contributed by atoms with Gasteiger partial charge in [-0.2, -0.15) is 16.4 Å². The number of hydrogen-bond donors (Lipinski definition) is 1. The summed E-state index contributed by atoms with van der Waals surface area (Å²) in [7, 11) is 0. The number of thiophene rings is 1. The first-order valence-electron chi connectivity index (χ1n) is 13.5. The summed E-state index contributed by atoms with van der Waals surface area (Å²) >= 11 is 1.66. The van der Waals surface area contributed by atoms with Gasteiger partial charge in [-0.25, -0.2) is 0 Å². The lowest BCUT2D eigenvalue weighted by atomic mass is 9.97. The van der Waals surface area contributed by atoms with Gasteiger partial charge in [-0.15, -0.1) is 0 Å². The lowest BCUT2D eigenvalue weighted by Crippen LogP contribution is -2.32. The van der Waals surface area contributed by atoms with Crippen LogP contribution in [0.3, 0.4) is 0 Å². The Morgan fingerprint density at radius 2 is 1.78 bits per heavy atom. The molecule has 2 saturated heterocycles. The van der Waals surface area contributed by atoms with E-state index in [0.717, 1.165) is 58.7 Å². The van der Waals surface area contributed by atoms with Crippen molar-refractivity contribution in [2.45, 2.75) is 38.1 Å². The number of Topliss-reactive ketones (excluding diaryl/α,β-unsaturated/α-hetero) is 1. The molecule has 1 unspecified atom stereocenters. The third-order valence-corrected chi connectivity index (χ3v) is 8.38. The highest BCUT2D eigenvalue weighted by Gasteiger charge is 2.29. The van der Waals surface area contributed by atoms with Crippen molar-refractivity contribution in [3.63, 3.8) is 0 Å². The standard InChI is InChI=1S/C30H34N4O2S/c35-28(30(24-11-18-37-21-24)34-14-3-4-15-34)20-22-5-10-27-26(19-22)29(32-31-27)23-6-8-25(9-7-23)36-17-16-33-12-1-2-13-33/h5-11,18-19,21,30H,1-4,12-17,20H2,(H,31,32).